The van der Waals surface area contributed by atoms with Crippen LogP contribution in [-0.4, -0.2) is 17.1 Å². The number of hydrogen-bond acceptors (Lipinski definition) is 5. The summed E-state index contributed by atoms with van der Waals surface area (Å²) < 4.78 is 47.8. The van der Waals surface area contributed by atoms with Gasteiger partial charge in [-0.05, 0) is 18.2 Å². The van der Waals surface area contributed by atoms with E-state index in [0.29, 0.717) is 0 Å². The molecule has 0 fully saturated rings. The number of alkyl halides is 3. The molecular weight excluding hydrogens is 275 g/mol. The molecule has 106 valence electrons. The number of nitrogens with zero attached hydrogens (tertiary/aromatic N) is 2. The Labute approximate surface area is 112 Å². The number of aromatic nitrogens is 2. The third-order valence-corrected chi connectivity index (χ3v) is 2.29. The van der Waals surface area contributed by atoms with Crippen LogP contribution in [0.5, 0.6) is 17.5 Å². The molecule has 20 heavy (non-hydrogen) atoms. The van der Waals surface area contributed by atoms with E-state index >= 15 is 0 Å². The Kier molecular flexibility index (Phi) is 3.64. The largest absolute Gasteiger partial charge is 0.481 e. The van der Waals surface area contributed by atoms with E-state index in [0.717, 1.165) is 12.1 Å². The summed E-state index contributed by atoms with van der Waals surface area (Å²) in [5.41, 5.74) is 4.61. The molecule has 0 aliphatic heterocycles. The third kappa shape index (κ3) is 3.28. The first kappa shape index (κ1) is 13.9. The average molecular weight is 285 g/mol. The lowest BCUT2D eigenvalue weighted by Gasteiger charge is -2.10. The van der Waals surface area contributed by atoms with Crippen LogP contribution >= 0.6 is 0 Å². The van der Waals surface area contributed by atoms with Gasteiger partial charge in [-0.3, -0.25) is 0 Å². The number of anilines is 1. The third-order valence-electron chi connectivity index (χ3n) is 2.29. The van der Waals surface area contributed by atoms with Crippen molar-refractivity contribution in [3.8, 4) is 17.5 Å². The Morgan fingerprint density at radius 3 is 2.45 bits per heavy atom. The Hall–Kier alpha value is -2.51. The van der Waals surface area contributed by atoms with Crippen LogP contribution < -0.4 is 15.2 Å². The molecule has 2 aromatic rings. The summed E-state index contributed by atoms with van der Waals surface area (Å²) in [4.78, 5) is 7.49. The van der Waals surface area contributed by atoms with Crippen LogP contribution in [0, 0.1) is 0 Å². The van der Waals surface area contributed by atoms with Crippen LogP contribution in [0.1, 0.15) is 5.56 Å². The summed E-state index contributed by atoms with van der Waals surface area (Å²) in [6.45, 7) is 0. The first-order chi connectivity index (χ1) is 9.38. The zero-order valence-electron chi connectivity index (χ0n) is 10.3. The van der Waals surface area contributed by atoms with Gasteiger partial charge in [-0.25, -0.2) is 0 Å². The molecule has 0 spiro atoms. The van der Waals surface area contributed by atoms with Crippen molar-refractivity contribution in [3.63, 3.8) is 0 Å². The minimum atomic E-state index is -4.44. The fourth-order valence-electron chi connectivity index (χ4n) is 1.43. The van der Waals surface area contributed by atoms with E-state index < -0.39 is 11.7 Å². The first-order valence-corrected chi connectivity index (χ1v) is 5.42. The minimum absolute atomic E-state index is 0.00586. The molecule has 1 aromatic carbocycles. The number of nitrogens with two attached hydrogens (primary N) is 1. The maximum Gasteiger partial charge on any atom is 0.416 e. The van der Waals surface area contributed by atoms with Gasteiger partial charge in [-0.15, -0.1) is 0 Å². The summed E-state index contributed by atoms with van der Waals surface area (Å²) in [7, 11) is 1.37. The van der Waals surface area contributed by atoms with E-state index in [1.807, 2.05) is 0 Å². The molecule has 1 heterocycles. The first-order valence-electron chi connectivity index (χ1n) is 5.42. The van der Waals surface area contributed by atoms with Gasteiger partial charge in [0.15, 0.2) is 0 Å². The molecule has 8 heteroatoms. The lowest BCUT2D eigenvalue weighted by atomic mass is 10.2. The highest BCUT2D eigenvalue weighted by atomic mass is 19.4. The Bertz CT molecular complexity index is 617. The quantitative estimate of drug-likeness (QED) is 0.939. The highest BCUT2D eigenvalue weighted by Crippen LogP contribution is 2.32. The topological polar surface area (TPSA) is 70.3 Å². The number of ether oxygens (including phenoxy) is 2. The summed E-state index contributed by atoms with van der Waals surface area (Å²) >= 11 is 0. The zero-order chi connectivity index (χ0) is 14.8. The predicted molar refractivity (Wildman–Crippen MR) is 64.5 cm³/mol. The van der Waals surface area contributed by atoms with Crippen LogP contribution in [0.2, 0.25) is 0 Å². The number of rotatable bonds is 3. The SMILES string of the molecule is COc1cc(Oc2cccc(C(F)(F)F)c2)nc(N)n1. The van der Waals surface area contributed by atoms with Crippen molar-refractivity contribution in [1.82, 2.24) is 9.97 Å². The van der Waals surface area contributed by atoms with Crippen molar-refractivity contribution in [2.24, 2.45) is 0 Å². The number of halogens is 3. The van der Waals surface area contributed by atoms with Gasteiger partial charge in [0, 0.05) is 0 Å². The number of nitrogen functional groups attached to an aromatic ring is 1. The molecule has 0 amide bonds. The second-order valence-corrected chi connectivity index (χ2v) is 3.73. The second kappa shape index (κ2) is 5.24. The van der Waals surface area contributed by atoms with E-state index in [4.69, 9.17) is 15.2 Å². The van der Waals surface area contributed by atoms with Crippen LogP contribution in [-0.2, 0) is 6.18 Å². The van der Waals surface area contributed by atoms with Gasteiger partial charge in [0.05, 0.1) is 18.7 Å². The molecule has 0 unspecified atom stereocenters. The molecule has 0 aliphatic carbocycles. The number of methoxy groups -OCH3 is 1. The van der Waals surface area contributed by atoms with Gasteiger partial charge >= 0.3 is 6.18 Å². The van der Waals surface area contributed by atoms with Crippen molar-refractivity contribution in [3.05, 3.63) is 35.9 Å². The van der Waals surface area contributed by atoms with Gasteiger partial charge in [-0.1, -0.05) is 6.07 Å². The number of benzene rings is 1. The predicted octanol–water partition coefficient (Wildman–Crippen LogP) is 2.88. The monoisotopic (exact) mass is 285 g/mol. The Balaban J connectivity index is 2.28. The van der Waals surface area contributed by atoms with Gasteiger partial charge in [0.1, 0.15) is 5.75 Å². The summed E-state index contributed by atoms with van der Waals surface area (Å²) in [6.07, 6.45) is -4.44. The lowest BCUT2D eigenvalue weighted by Crippen LogP contribution is -2.05. The molecule has 2 rings (SSSR count). The minimum Gasteiger partial charge on any atom is -0.481 e. The Morgan fingerprint density at radius 2 is 1.80 bits per heavy atom. The van der Waals surface area contributed by atoms with Gasteiger partial charge in [0.2, 0.25) is 17.7 Å². The highest BCUT2D eigenvalue weighted by molar-refractivity contribution is 5.36. The molecule has 1 aromatic heterocycles. The van der Waals surface area contributed by atoms with Crippen LogP contribution in [0.15, 0.2) is 30.3 Å². The van der Waals surface area contributed by atoms with Gasteiger partial charge in [0.25, 0.3) is 0 Å². The molecule has 0 aliphatic rings. The van der Waals surface area contributed by atoms with E-state index in [9.17, 15) is 13.2 Å². The lowest BCUT2D eigenvalue weighted by molar-refractivity contribution is -0.137. The smallest absolute Gasteiger partial charge is 0.416 e. The van der Waals surface area contributed by atoms with Crippen molar-refractivity contribution in [2.75, 3.05) is 12.8 Å². The standard InChI is InChI=1S/C12H10F3N3O2/c1-19-9-6-10(18-11(16)17-9)20-8-4-2-3-7(5-8)12(13,14)15/h2-6H,1H3,(H2,16,17,18). The van der Waals surface area contributed by atoms with Crippen LogP contribution in [0.3, 0.4) is 0 Å². The van der Waals surface area contributed by atoms with Crippen LogP contribution in [0.4, 0.5) is 19.1 Å². The molecule has 0 saturated heterocycles. The maximum atomic E-state index is 12.6. The molecule has 0 atom stereocenters. The fourth-order valence-corrected chi connectivity index (χ4v) is 1.43. The zero-order valence-corrected chi connectivity index (χ0v) is 10.3. The van der Waals surface area contributed by atoms with Crippen LogP contribution in [0.25, 0.3) is 0 Å². The van der Waals surface area contributed by atoms with Crippen molar-refractivity contribution >= 4 is 5.95 Å². The maximum absolute atomic E-state index is 12.6. The van der Waals surface area contributed by atoms with Crippen molar-refractivity contribution in [2.45, 2.75) is 6.18 Å². The molecule has 5 nitrogen and oxygen atoms in total. The normalized spacial score (nSPS) is 11.2. The Morgan fingerprint density at radius 1 is 1.10 bits per heavy atom. The molecule has 0 bridgehead atoms. The number of hydrogen-bond donors (Lipinski definition) is 1. The van der Waals surface area contributed by atoms with Crippen molar-refractivity contribution in [1.29, 1.82) is 0 Å². The van der Waals surface area contributed by atoms with Gasteiger partial charge < -0.3 is 15.2 Å². The summed E-state index contributed by atoms with van der Waals surface area (Å²) in [5, 5.41) is 0. The molecule has 0 radical (unpaired) electrons. The van der Waals surface area contributed by atoms with Gasteiger partial charge in [-0.2, -0.15) is 23.1 Å². The highest BCUT2D eigenvalue weighted by Gasteiger charge is 2.30. The molecule has 0 saturated carbocycles. The van der Waals surface area contributed by atoms with Crippen molar-refractivity contribution < 1.29 is 22.6 Å². The second-order valence-electron chi connectivity index (χ2n) is 3.73. The van der Waals surface area contributed by atoms with E-state index in [1.54, 1.807) is 0 Å². The molecular formula is C12H10F3N3O2. The van der Waals surface area contributed by atoms with E-state index in [2.05, 4.69) is 9.97 Å². The summed E-state index contributed by atoms with van der Waals surface area (Å²) in [5.74, 6) is 0.0273. The summed E-state index contributed by atoms with van der Waals surface area (Å²) in [6, 6.07) is 5.74. The fraction of sp³-hybridized carbons (Fsp3) is 0.167. The molecule has 2 N–H and O–H groups in total. The van der Waals surface area contributed by atoms with E-state index in [-0.39, 0.29) is 23.5 Å². The van der Waals surface area contributed by atoms with E-state index in [1.165, 1.54) is 25.3 Å². The average Bonchev–Trinajstić information content (AvgIpc) is 2.37.